The van der Waals surface area contributed by atoms with E-state index in [2.05, 4.69) is 17.2 Å². The average molecular weight is 142 g/mol. The van der Waals surface area contributed by atoms with E-state index in [1.165, 1.54) is 0 Å². The Hall–Kier alpha value is -0.410. The van der Waals surface area contributed by atoms with Crippen LogP contribution >= 0.6 is 11.3 Å². The highest BCUT2D eigenvalue weighted by atomic mass is 32.1. The lowest BCUT2D eigenvalue weighted by Gasteiger charge is -2.03. The van der Waals surface area contributed by atoms with Crippen molar-refractivity contribution in [2.75, 3.05) is 7.05 Å². The first-order chi connectivity index (χ1) is 4.34. The van der Waals surface area contributed by atoms with Crippen molar-refractivity contribution in [3.8, 4) is 0 Å². The fourth-order valence-corrected chi connectivity index (χ4v) is 1.28. The van der Waals surface area contributed by atoms with Gasteiger partial charge in [0.25, 0.3) is 0 Å². The van der Waals surface area contributed by atoms with E-state index in [9.17, 15) is 0 Å². The van der Waals surface area contributed by atoms with Gasteiger partial charge in [-0.05, 0) is 14.0 Å². The molecule has 0 unspecified atom stereocenters. The summed E-state index contributed by atoms with van der Waals surface area (Å²) in [4.78, 5) is 4.14. The molecule has 0 saturated carbocycles. The van der Waals surface area contributed by atoms with E-state index in [4.69, 9.17) is 0 Å². The zero-order chi connectivity index (χ0) is 6.69. The van der Waals surface area contributed by atoms with Gasteiger partial charge < -0.3 is 5.32 Å². The van der Waals surface area contributed by atoms with Crippen LogP contribution in [-0.2, 0) is 0 Å². The van der Waals surface area contributed by atoms with Gasteiger partial charge in [0.1, 0.15) is 5.01 Å². The van der Waals surface area contributed by atoms with Crippen molar-refractivity contribution >= 4 is 11.3 Å². The van der Waals surface area contributed by atoms with Gasteiger partial charge in [0, 0.05) is 11.6 Å². The molecule has 0 radical (unpaired) electrons. The molecule has 0 aliphatic carbocycles. The second-order valence-corrected chi connectivity index (χ2v) is 2.81. The number of hydrogen-bond acceptors (Lipinski definition) is 3. The van der Waals surface area contributed by atoms with Crippen LogP contribution < -0.4 is 5.32 Å². The lowest BCUT2D eigenvalue weighted by atomic mass is 10.4. The third-order valence-corrected chi connectivity index (χ3v) is 2.21. The van der Waals surface area contributed by atoms with Crippen molar-refractivity contribution < 1.29 is 0 Å². The van der Waals surface area contributed by atoms with Gasteiger partial charge in [-0.1, -0.05) is 0 Å². The van der Waals surface area contributed by atoms with Crippen LogP contribution in [0.5, 0.6) is 0 Å². The van der Waals surface area contributed by atoms with E-state index in [-0.39, 0.29) is 0 Å². The number of hydrogen-bond donors (Lipinski definition) is 1. The molecule has 2 nitrogen and oxygen atoms in total. The van der Waals surface area contributed by atoms with Crippen LogP contribution in [0.15, 0.2) is 11.6 Å². The summed E-state index contributed by atoms with van der Waals surface area (Å²) in [6, 6.07) is 0.394. The van der Waals surface area contributed by atoms with Crippen LogP contribution in [0.1, 0.15) is 18.0 Å². The number of nitrogens with one attached hydrogen (secondary N) is 1. The summed E-state index contributed by atoms with van der Waals surface area (Å²) < 4.78 is 0. The maximum atomic E-state index is 4.14. The number of nitrogens with zero attached hydrogens (tertiary/aromatic N) is 1. The van der Waals surface area contributed by atoms with Crippen LogP contribution in [0, 0.1) is 0 Å². The van der Waals surface area contributed by atoms with E-state index in [0.29, 0.717) is 6.04 Å². The first-order valence-corrected chi connectivity index (χ1v) is 3.79. The van der Waals surface area contributed by atoms with Crippen LogP contribution in [0.3, 0.4) is 0 Å². The highest BCUT2D eigenvalue weighted by Crippen LogP contribution is 2.13. The van der Waals surface area contributed by atoms with Crippen molar-refractivity contribution in [1.82, 2.24) is 10.3 Å². The van der Waals surface area contributed by atoms with E-state index < -0.39 is 0 Å². The SMILES string of the molecule is CN[C@@H](C)c1nccs1. The molecule has 0 fully saturated rings. The minimum atomic E-state index is 0.394. The Kier molecular flexibility index (Phi) is 2.19. The maximum absolute atomic E-state index is 4.14. The van der Waals surface area contributed by atoms with Crippen LogP contribution in [-0.4, -0.2) is 12.0 Å². The van der Waals surface area contributed by atoms with Crippen molar-refractivity contribution in [3.05, 3.63) is 16.6 Å². The van der Waals surface area contributed by atoms with Gasteiger partial charge >= 0.3 is 0 Å². The van der Waals surface area contributed by atoms with E-state index in [0.717, 1.165) is 5.01 Å². The molecule has 1 N–H and O–H groups in total. The Bertz CT molecular complexity index is 160. The normalized spacial score (nSPS) is 13.6. The second-order valence-electron chi connectivity index (χ2n) is 1.88. The quantitative estimate of drug-likeness (QED) is 0.675. The Labute approximate surface area is 58.9 Å². The Balaban J connectivity index is 2.65. The molecule has 1 aromatic rings. The minimum absolute atomic E-state index is 0.394. The van der Waals surface area contributed by atoms with Gasteiger partial charge in [0.15, 0.2) is 0 Å². The van der Waals surface area contributed by atoms with Crippen molar-refractivity contribution in [2.45, 2.75) is 13.0 Å². The molecule has 0 aliphatic heterocycles. The van der Waals surface area contributed by atoms with Gasteiger partial charge in [0.05, 0.1) is 6.04 Å². The van der Waals surface area contributed by atoms with Crippen molar-refractivity contribution in [2.24, 2.45) is 0 Å². The fourth-order valence-electron chi connectivity index (χ4n) is 0.572. The molecule has 1 heterocycles. The van der Waals surface area contributed by atoms with Gasteiger partial charge in [-0.2, -0.15) is 0 Å². The topological polar surface area (TPSA) is 24.9 Å². The summed E-state index contributed by atoms with van der Waals surface area (Å²) in [6.45, 7) is 2.10. The molecule has 0 bridgehead atoms. The van der Waals surface area contributed by atoms with E-state index in [1.807, 2.05) is 18.6 Å². The molecule has 0 spiro atoms. The smallest absolute Gasteiger partial charge is 0.109 e. The molecule has 1 atom stereocenters. The molecule has 3 heteroatoms. The van der Waals surface area contributed by atoms with Crippen LogP contribution in [0.25, 0.3) is 0 Å². The van der Waals surface area contributed by atoms with Gasteiger partial charge in [0.2, 0.25) is 0 Å². The average Bonchev–Trinajstić information content (AvgIpc) is 2.37. The predicted octanol–water partition coefficient (Wildman–Crippen LogP) is 1.42. The van der Waals surface area contributed by atoms with Gasteiger partial charge in [-0.25, -0.2) is 4.98 Å². The molecule has 50 valence electrons. The van der Waals surface area contributed by atoms with Crippen molar-refractivity contribution in [3.63, 3.8) is 0 Å². The molecule has 0 saturated heterocycles. The Morgan fingerprint density at radius 2 is 2.56 bits per heavy atom. The summed E-state index contributed by atoms with van der Waals surface area (Å²) in [5.41, 5.74) is 0. The molecule has 0 aliphatic rings. The van der Waals surface area contributed by atoms with Gasteiger partial charge in [-0.3, -0.25) is 0 Å². The number of rotatable bonds is 2. The van der Waals surface area contributed by atoms with Gasteiger partial charge in [-0.15, -0.1) is 11.3 Å². The Morgan fingerprint density at radius 1 is 1.78 bits per heavy atom. The monoisotopic (exact) mass is 142 g/mol. The molecule has 1 aromatic heterocycles. The molecular weight excluding hydrogens is 132 g/mol. The number of aromatic nitrogens is 1. The highest BCUT2D eigenvalue weighted by molar-refractivity contribution is 7.09. The largest absolute Gasteiger partial charge is 0.311 e. The molecule has 9 heavy (non-hydrogen) atoms. The molecule has 0 aromatic carbocycles. The molecule has 1 rings (SSSR count). The summed E-state index contributed by atoms with van der Waals surface area (Å²) >= 11 is 1.68. The highest BCUT2D eigenvalue weighted by Gasteiger charge is 2.02. The zero-order valence-electron chi connectivity index (χ0n) is 5.59. The van der Waals surface area contributed by atoms with Crippen molar-refractivity contribution in [1.29, 1.82) is 0 Å². The third-order valence-electron chi connectivity index (χ3n) is 1.25. The Morgan fingerprint density at radius 3 is 3.00 bits per heavy atom. The third kappa shape index (κ3) is 1.50. The first kappa shape index (κ1) is 6.71. The zero-order valence-corrected chi connectivity index (χ0v) is 6.40. The van der Waals surface area contributed by atoms with E-state index in [1.54, 1.807) is 11.3 Å². The second kappa shape index (κ2) is 2.94. The summed E-state index contributed by atoms with van der Waals surface area (Å²) in [5.74, 6) is 0. The molecular formula is C6H10N2S. The standard InChI is InChI=1S/C6H10N2S/c1-5(7-2)6-8-3-4-9-6/h3-5,7H,1-2H3/t5-/m0/s1. The lowest BCUT2D eigenvalue weighted by Crippen LogP contribution is -2.11. The fraction of sp³-hybridized carbons (Fsp3) is 0.500. The predicted molar refractivity (Wildman–Crippen MR) is 39.6 cm³/mol. The van der Waals surface area contributed by atoms with E-state index >= 15 is 0 Å². The van der Waals surface area contributed by atoms with Crippen LogP contribution in [0.4, 0.5) is 0 Å². The maximum Gasteiger partial charge on any atom is 0.109 e. The first-order valence-electron chi connectivity index (χ1n) is 2.91. The minimum Gasteiger partial charge on any atom is -0.311 e. The lowest BCUT2D eigenvalue weighted by molar-refractivity contribution is 0.647. The summed E-state index contributed by atoms with van der Waals surface area (Å²) in [7, 11) is 1.94. The van der Waals surface area contributed by atoms with Crippen LogP contribution in [0.2, 0.25) is 0 Å². The number of thiazole rings is 1. The molecule has 0 amide bonds. The summed E-state index contributed by atoms with van der Waals surface area (Å²) in [6.07, 6.45) is 1.83. The summed E-state index contributed by atoms with van der Waals surface area (Å²) in [5, 5.41) is 6.25.